The Morgan fingerprint density at radius 1 is 1.39 bits per heavy atom. The number of carbonyl (C=O) groups excluding carboxylic acids is 2. The van der Waals surface area contributed by atoms with Crippen LogP contribution < -0.4 is 10.6 Å². The van der Waals surface area contributed by atoms with Crippen LogP contribution in [0.25, 0.3) is 0 Å². The molecule has 4 nitrogen and oxygen atoms in total. The predicted molar refractivity (Wildman–Crippen MR) is 69.3 cm³/mol. The number of nitrogens with one attached hydrogen (secondary N) is 2. The fraction of sp³-hybridized carbons (Fsp3) is 0.429. The van der Waals surface area contributed by atoms with Crippen LogP contribution in [-0.4, -0.2) is 24.4 Å². The first-order chi connectivity index (χ1) is 8.70. The van der Waals surface area contributed by atoms with Crippen molar-refractivity contribution >= 4 is 11.8 Å². The summed E-state index contributed by atoms with van der Waals surface area (Å²) >= 11 is 0. The van der Waals surface area contributed by atoms with Gasteiger partial charge in [-0.25, -0.2) is 0 Å². The highest BCUT2D eigenvalue weighted by atomic mass is 16.2. The van der Waals surface area contributed by atoms with E-state index in [1.165, 1.54) is 12.0 Å². The highest BCUT2D eigenvalue weighted by Gasteiger charge is 2.29. The third kappa shape index (κ3) is 2.88. The molecular formula is C14H18N2O2. The molecule has 2 rings (SSSR count). The van der Waals surface area contributed by atoms with E-state index in [0.29, 0.717) is 12.1 Å². The fourth-order valence-electron chi connectivity index (χ4n) is 1.85. The van der Waals surface area contributed by atoms with Crippen LogP contribution in [0, 0.1) is 0 Å². The number of amides is 2. The van der Waals surface area contributed by atoms with Crippen LogP contribution in [0.3, 0.4) is 0 Å². The van der Waals surface area contributed by atoms with Gasteiger partial charge in [0.1, 0.15) is 6.04 Å². The first-order valence-electron chi connectivity index (χ1n) is 6.38. The minimum atomic E-state index is -0.364. The molecule has 4 heteroatoms. The van der Waals surface area contributed by atoms with Gasteiger partial charge >= 0.3 is 0 Å². The molecule has 1 heterocycles. The van der Waals surface area contributed by atoms with Crippen LogP contribution in [0.15, 0.2) is 24.3 Å². The van der Waals surface area contributed by atoms with Gasteiger partial charge in [0.2, 0.25) is 5.91 Å². The van der Waals surface area contributed by atoms with Crippen molar-refractivity contribution in [1.82, 2.24) is 10.6 Å². The molecule has 0 bridgehead atoms. The highest BCUT2D eigenvalue weighted by Crippen LogP contribution is 2.08. The van der Waals surface area contributed by atoms with E-state index in [2.05, 4.69) is 17.6 Å². The van der Waals surface area contributed by atoms with Gasteiger partial charge in [0.25, 0.3) is 5.91 Å². The first-order valence-corrected chi connectivity index (χ1v) is 6.38. The Kier molecular flexibility index (Phi) is 3.97. The van der Waals surface area contributed by atoms with Crippen molar-refractivity contribution in [2.75, 3.05) is 6.54 Å². The van der Waals surface area contributed by atoms with Crippen LogP contribution in [0.1, 0.15) is 35.7 Å². The molecule has 2 N–H and O–H groups in total. The normalized spacial score (nSPS) is 17.8. The van der Waals surface area contributed by atoms with Crippen LogP contribution in [0.5, 0.6) is 0 Å². The van der Waals surface area contributed by atoms with Crippen LogP contribution in [-0.2, 0) is 11.2 Å². The third-order valence-corrected chi connectivity index (χ3v) is 3.14. The summed E-state index contributed by atoms with van der Waals surface area (Å²) in [6, 6.07) is 7.22. The topological polar surface area (TPSA) is 58.2 Å². The van der Waals surface area contributed by atoms with Gasteiger partial charge in [0, 0.05) is 12.1 Å². The maximum Gasteiger partial charge on any atom is 0.251 e. The Labute approximate surface area is 107 Å². The third-order valence-electron chi connectivity index (χ3n) is 3.14. The second-order valence-corrected chi connectivity index (χ2v) is 4.57. The predicted octanol–water partition coefficient (Wildman–Crippen LogP) is 1.26. The lowest BCUT2D eigenvalue weighted by Crippen LogP contribution is -2.61. The summed E-state index contributed by atoms with van der Waals surface area (Å²) in [5, 5.41) is 5.29. The van der Waals surface area contributed by atoms with E-state index < -0.39 is 0 Å². The maximum atomic E-state index is 11.8. The molecule has 0 spiro atoms. The smallest absolute Gasteiger partial charge is 0.251 e. The SMILES string of the molecule is CCCCc1ccc(C(=O)NC2CNC2=O)cc1. The average molecular weight is 246 g/mol. The second kappa shape index (κ2) is 5.67. The lowest BCUT2D eigenvalue weighted by atomic mass is 10.1. The number of hydrogen-bond donors (Lipinski definition) is 2. The van der Waals surface area contributed by atoms with Gasteiger partial charge in [-0.15, -0.1) is 0 Å². The Balaban J connectivity index is 1.91. The van der Waals surface area contributed by atoms with Gasteiger partial charge in [0.05, 0.1) is 0 Å². The molecule has 0 aliphatic carbocycles. The summed E-state index contributed by atoms with van der Waals surface area (Å²) in [5.41, 5.74) is 1.85. The first kappa shape index (κ1) is 12.6. The Hall–Kier alpha value is -1.84. The number of aryl methyl sites for hydroxylation is 1. The molecule has 1 unspecified atom stereocenters. The average Bonchev–Trinajstić information content (AvgIpc) is 2.41. The molecule has 96 valence electrons. The molecular weight excluding hydrogens is 228 g/mol. The fourth-order valence-corrected chi connectivity index (χ4v) is 1.85. The van der Waals surface area contributed by atoms with Crippen molar-refractivity contribution in [3.8, 4) is 0 Å². The molecule has 0 saturated carbocycles. The number of rotatable bonds is 5. The van der Waals surface area contributed by atoms with E-state index in [4.69, 9.17) is 0 Å². The van der Waals surface area contributed by atoms with Gasteiger partial charge in [-0.05, 0) is 30.5 Å². The van der Waals surface area contributed by atoms with E-state index in [-0.39, 0.29) is 17.9 Å². The Morgan fingerprint density at radius 3 is 2.61 bits per heavy atom. The molecule has 0 aromatic heterocycles. The van der Waals surface area contributed by atoms with Gasteiger partial charge < -0.3 is 10.6 Å². The summed E-state index contributed by atoms with van der Waals surface area (Å²) in [5.74, 6) is -0.292. The number of hydrogen-bond acceptors (Lipinski definition) is 2. The van der Waals surface area contributed by atoms with Crippen molar-refractivity contribution in [1.29, 1.82) is 0 Å². The van der Waals surface area contributed by atoms with Gasteiger partial charge in [-0.3, -0.25) is 9.59 Å². The molecule has 18 heavy (non-hydrogen) atoms. The molecule has 1 atom stereocenters. The van der Waals surface area contributed by atoms with Crippen LogP contribution >= 0.6 is 0 Å². The van der Waals surface area contributed by atoms with Gasteiger partial charge in [-0.2, -0.15) is 0 Å². The number of carbonyl (C=O) groups is 2. The largest absolute Gasteiger partial charge is 0.352 e. The summed E-state index contributed by atoms with van der Waals surface area (Å²) in [7, 11) is 0. The summed E-state index contributed by atoms with van der Waals surface area (Å²) in [6.45, 7) is 2.69. The lowest BCUT2D eigenvalue weighted by Gasteiger charge is -2.26. The standard InChI is InChI=1S/C14H18N2O2/c1-2-3-4-10-5-7-11(8-6-10)13(17)16-12-9-15-14(12)18/h5-8,12H,2-4,9H2,1H3,(H,15,18)(H,16,17). The molecule has 0 radical (unpaired) electrons. The molecule has 2 amide bonds. The minimum Gasteiger partial charge on any atom is -0.352 e. The van der Waals surface area contributed by atoms with E-state index in [0.717, 1.165) is 12.8 Å². The summed E-state index contributed by atoms with van der Waals surface area (Å²) < 4.78 is 0. The molecule has 1 aliphatic rings. The Morgan fingerprint density at radius 2 is 2.11 bits per heavy atom. The van der Waals surface area contributed by atoms with Gasteiger partial charge in [-0.1, -0.05) is 25.5 Å². The zero-order valence-corrected chi connectivity index (χ0v) is 10.5. The molecule has 1 aromatic carbocycles. The van der Waals surface area contributed by atoms with Crippen molar-refractivity contribution in [2.45, 2.75) is 32.2 Å². The second-order valence-electron chi connectivity index (χ2n) is 4.57. The monoisotopic (exact) mass is 246 g/mol. The lowest BCUT2D eigenvalue weighted by molar-refractivity contribution is -0.128. The van der Waals surface area contributed by atoms with E-state index >= 15 is 0 Å². The molecule has 1 aromatic rings. The van der Waals surface area contributed by atoms with Gasteiger partial charge in [0.15, 0.2) is 0 Å². The van der Waals surface area contributed by atoms with Crippen molar-refractivity contribution in [3.05, 3.63) is 35.4 Å². The van der Waals surface area contributed by atoms with Crippen molar-refractivity contribution < 1.29 is 9.59 Å². The van der Waals surface area contributed by atoms with E-state index in [9.17, 15) is 9.59 Å². The summed E-state index contributed by atoms with van der Waals surface area (Å²) in [6.07, 6.45) is 3.37. The quantitative estimate of drug-likeness (QED) is 0.768. The molecule has 1 saturated heterocycles. The Bertz CT molecular complexity index is 440. The zero-order valence-electron chi connectivity index (χ0n) is 10.5. The zero-order chi connectivity index (χ0) is 13.0. The summed E-state index contributed by atoms with van der Waals surface area (Å²) in [4.78, 5) is 22.9. The van der Waals surface area contributed by atoms with E-state index in [1.807, 2.05) is 24.3 Å². The number of benzene rings is 1. The molecule has 1 aliphatic heterocycles. The van der Waals surface area contributed by atoms with E-state index in [1.54, 1.807) is 0 Å². The van der Waals surface area contributed by atoms with Crippen molar-refractivity contribution in [3.63, 3.8) is 0 Å². The van der Waals surface area contributed by atoms with Crippen LogP contribution in [0.4, 0.5) is 0 Å². The maximum absolute atomic E-state index is 11.8. The number of unbranched alkanes of at least 4 members (excludes halogenated alkanes) is 1. The van der Waals surface area contributed by atoms with Crippen LogP contribution in [0.2, 0.25) is 0 Å². The molecule has 1 fully saturated rings. The highest BCUT2D eigenvalue weighted by molar-refractivity contribution is 5.99. The number of β-lactam (4-membered cyclic amide) rings is 1. The minimum absolute atomic E-state index is 0.108. The van der Waals surface area contributed by atoms with Crippen molar-refractivity contribution in [2.24, 2.45) is 0 Å².